The number of nitrogens with zero attached hydrogens (tertiary/aromatic N) is 4. The number of fused-ring (bicyclic) bond motifs is 1. The smallest absolute Gasteiger partial charge is 0.278 e. The van der Waals surface area contributed by atoms with Gasteiger partial charge in [-0.15, -0.1) is 10.2 Å². The Morgan fingerprint density at radius 2 is 1.70 bits per heavy atom. The number of aryl methyl sites for hydroxylation is 2. The lowest BCUT2D eigenvalue weighted by molar-refractivity contribution is 0.102. The highest BCUT2D eigenvalue weighted by molar-refractivity contribution is 6.03. The molecule has 0 spiro atoms. The summed E-state index contributed by atoms with van der Waals surface area (Å²) in [7, 11) is 0. The zero-order valence-electron chi connectivity index (χ0n) is 14.8. The Bertz CT molecular complexity index is 1130. The number of amides is 1. The average molecular weight is 361 g/mol. The van der Waals surface area contributed by atoms with Crippen molar-refractivity contribution in [2.45, 2.75) is 13.8 Å². The number of carbonyl (C=O) groups excluding carboxylic acids is 1. The van der Waals surface area contributed by atoms with Crippen molar-refractivity contribution in [2.24, 2.45) is 0 Å². The van der Waals surface area contributed by atoms with Crippen LogP contribution in [-0.2, 0) is 0 Å². The maximum atomic E-state index is 13.2. The molecule has 0 fully saturated rings. The van der Waals surface area contributed by atoms with Crippen LogP contribution in [0.15, 0.2) is 54.7 Å². The van der Waals surface area contributed by atoms with Crippen molar-refractivity contribution in [1.29, 1.82) is 0 Å². The molecule has 0 saturated heterocycles. The standard InChI is InChI=1S/C20H16FN5O/c1-12-3-9-16(10-4-12)23-20(27)18-13(2)26-19(25-24-18)17(11-22-26)14-5-7-15(21)8-6-14/h3-11H,1-2H3,(H,23,27). The van der Waals surface area contributed by atoms with Crippen molar-refractivity contribution >= 4 is 17.2 Å². The van der Waals surface area contributed by atoms with Crippen LogP contribution in [0.2, 0.25) is 0 Å². The SMILES string of the molecule is Cc1ccc(NC(=O)c2nnc3c(-c4ccc(F)cc4)cnn3c2C)cc1. The summed E-state index contributed by atoms with van der Waals surface area (Å²) < 4.78 is 14.7. The molecule has 0 bridgehead atoms. The summed E-state index contributed by atoms with van der Waals surface area (Å²) in [5.41, 5.74) is 4.54. The molecule has 1 N–H and O–H groups in total. The number of benzene rings is 2. The topological polar surface area (TPSA) is 72.2 Å². The molecule has 1 amide bonds. The van der Waals surface area contributed by atoms with E-state index in [4.69, 9.17) is 0 Å². The van der Waals surface area contributed by atoms with E-state index in [1.165, 1.54) is 12.1 Å². The second-order valence-corrected chi connectivity index (χ2v) is 6.25. The third-order valence-corrected chi connectivity index (χ3v) is 4.33. The number of rotatable bonds is 3. The zero-order chi connectivity index (χ0) is 19.0. The second kappa shape index (κ2) is 6.60. The predicted molar refractivity (Wildman–Crippen MR) is 100 cm³/mol. The first-order chi connectivity index (χ1) is 13.0. The quantitative estimate of drug-likeness (QED) is 0.602. The van der Waals surface area contributed by atoms with Gasteiger partial charge in [0.15, 0.2) is 11.3 Å². The van der Waals surface area contributed by atoms with Gasteiger partial charge in [0.2, 0.25) is 0 Å². The molecular formula is C20H16FN5O. The number of aromatic nitrogens is 4. The lowest BCUT2D eigenvalue weighted by atomic mass is 10.1. The van der Waals surface area contributed by atoms with Crippen molar-refractivity contribution in [3.05, 3.63) is 77.5 Å². The minimum atomic E-state index is -0.357. The van der Waals surface area contributed by atoms with Crippen LogP contribution in [-0.4, -0.2) is 25.7 Å². The fourth-order valence-corrected chi connectivity index (χ4v) is 2.82. The molecule has 6 nitrogen and oxygen atoms in total. The number of nitrogens with one attached hydrogen (secondary N) is 1. The van der Waals surface area contributed by atoms with Crippen molar-refractivity contribution in [3.63, 3.8) is 0 Å². The number of hydrogen-bond donors (Lipinski definition) is 1. The second-order valence-electron chi connectivity index (χ2n) is 6.25. The van der Waals surface area contributed by atoms with Gasteiger partial charge in [-0.1, -0.05) is 29.8 Å². The van der Waals surface area contributed by atoms with Gasteiger partial charge in [-0.05, 0) is 43.7 Å². The molecule has 27 heavy (non-hydrogen) atoms. The predicted octanol–water partition coefficient (Wildman–Crippen LogP) is 3.80. The van der Waals surface area contributed by atoms with E-state index in [0.717, 1.165) is 16.7 Å². The Labute approximate surface area is 154 Å². The molecule has 2 heterocycles. The van der Waals surface area contributed by atoms with Gasteiger partial charge in [-0.25, -0.2) is 8.91 Å². The highest BCUT2D eigenvalue weighted by Gasteiger charge is 2.18. The molecule has 134 valence electrons. The summed E-state index contributed by atoms with van der Waals surface area (Å²) in [4.78, 5) is 12.6. The first kappa shape index (κ1) is 16.8. The van der Waals surface area contributed by atoms with E-state index in [0.29, 0.717) is 17.0 Å². The van der Waals surface area contributed by atoms with Gasteiger partial charge < -0.3 is 5.32 Å². The Hall–Kier alpha value is -3.61. The Kier molecular flexibility index (Phi) is 4.12. The van der Waals surface area contributed by atoms with E-state index >= 15 is 0 Å². The van der Waals surface area contributed by atoms with E-state index in [1.54, 1.807) is 29.8 Å². The monoisotopic (exact) mass is 361 g/mol. The van der Waals surface area contributed by atoms with Crippen molar-refractivity contribution in [3.8, 4) is 11.1 Å². The Balaban J connectivity index is 1.69. The Morgan fingerprint density at radius 1 is 1.00 bits per heavy atom. The first-order valence-corrected chi connectivity index (χ1v) is 8.38. The van der Waals surface area contributed by atoms with Gasteiger partial charge in [0.05, 0.1) is 11.9 Å². The van der Waals surface area contributed by atoms with Gasteiger partial charge in [-0.2, -0.15) is 5.10 Å². The van der Waals surface area contributed by atoms with Gasteiger partial charge in [0.25, 0.3) is 5.91 Å². The highest BCUT2D eigenvalue weighted by Crippen LogP contribution is 2.24. The molecule has 0 saturated carbocycles. The summed E-state index contributed by atoms with van der Waals surface area (Å²) in [5, 5.41) is 15.4. The van der Waals surface area contributed by atoms with Crippen LogP contribution in [0.5, 0.6) is 0 Å². The zero-order valence-corrected chi connectivity index (χ0v) is 14.8. The van der Waals surface area contributed by atoms with Crippen molar-refractivity contribution < 1.29 is 9.18 Å². The number of anilines is 1. The van der Waals surface area contributed by atoms with E-state index in [2.05, 4.69) is 20.6 Å². The molecule has 0 aliphatic rings. The molecule has 4 rings (SSSR count). The van der Waals surface area contributed by atoms with Crippen molar-refractivity contribution in [1.82, 2.24) is 19.8 Å². The maximum absolute atomic E-state index is 13.2. The van der Waals surface area contributed by atoms with Gasteiger partial charge in [0, 0.05) is 11.3 Å². The van der Waals surface area contributed by atoms with Gasteiger partial charge in [0.1, 0.15) is 5.82 Å². The normalized spacial score (nSPS) is 10.9. The minimum absolute atomic E-state index is 0.192. The summed E-state index contributed by atoms with van der Waals surface area (Å²) in [6, 6.07) is 13.6. The summed E-state index contributed by atoms with van der Waals surface area (Å²) in [5.74, 6) is -0.669. The van der Waals surface area contributed by atoms with Crippen molar-refractivity contribution in [2.75, 3.05) is 5.32 Å². The molecule has 0 unspecified atom stereocenters. The number of hydrogen-bond acceptors (Lipinski definition) is 4. The van der Waals surface area contributed by atoms with Crippen LogP contribution in [0.3, 0.4) is 0 Å². The first-order valence-electron chi connectivity index (χ1n) is 8.38. The van der Waals surface area contributed by atoms with Crippen LogP contribution in [0.25, 0.3) is 16.8 Å². The fraction of sp³-hybridized carbons (Fsp3) is 0.100. The third-order valence-electron chi connectivity index (χ3n) is 4.33. The van der Waals surface area contributed by atoms with E-state index in [9.17, 15) is 9.18 Å². The summed E-state index contributed by atoms with van der Waals surface area (Å²) in [6.07, 6.45) is 1.63. The number of carbonyl (C=O) groups is 1. The van der Waals surface area contributed by atoms with Crippen LogP contribution in [0.4, 0.5) is 10.1 Å². The summed E-state index contributed by atoms with van der Waals surface area (Å²) >= 11 is 0. The van der Waals surface area contributed by atoms with Crippen LogP contribution < -0.4 is 5.32 Å². The molecule has 0 atom stereocenters. The molecule has 0 aliphatic heterocycles. The molecular weight excluding hydrogens is 345 g/mol. The lowest BCUT2D eigenvalue weighted by Crippen LogP contribution is -2.18. The lowest BCUT2D eigenvalue weighted by Gasteiger charge is -2.08. The van der Waals surface area contributed by atoms with Gasteiger partial charge in [-0.3, -0.25) is 4.79 Å². The number of halogens is 1. The van der Waals surface area contributed by atoms with E-state index < -0.39 is 0 Å². The molecule has 4 aromatic rings. The average Bonchev–Trinajstić information content (AvgIpc) is 3.09. The minimum Gasteiger partial charge on any atom is -0.321 e. The fourth-order valence-electron chi connectivity index (χ4n) is 2.82. The van der Waals surface area contributed by atoms with Crippen LogP contribution in [0.1, 0.15) is 21.7 Å². The largest absolute Gasteiger partial charge is 0.321 e. The molecule has 2 aromatic heterocycles. The van der Waals surface area contributed by atoms with E-state index in [-0.39, 0.29) is 17.4 Å². The molecule has 0 aliphatic carbocycles. The molecule has 7 heteroatoms. The van der Waals surface area contributed by atoms with E-state index in [1.807, 2.05) is 31.2 Å². The summed E-state index contributed by atoms with van der Waals surface area (Å²) in [6.45, 7) is 3.73. The molecule has 2 aromatic carbocycles. The third kappa shape index (κ3) is 3.15. The Morgan fingerprint density at radius 3 is 2.41 bits per heavy atom. The van der Waals surface area contributed by atoms with Crippen LogP contribution in [0, 0.1) is 19.7 Å². The van der Waals surface area contributed by atoms with Crippen LogP contribution >= 0.6 is 0 Å². The highest BCUT2D eigenvalue weighted by atomic mass is 19.1. The van der Waals surface area contributed by atoms with Gasteiger partial charge >= 0.3 is 0 Å². The maximum Gasteiger partial charge on any atom is 0.278 e. The molecule has 0 radical (unpaired) electrons.